The minimum atomic E-state index is -2.99. The summed E-state index contributed by atoms with van der Waals surface area (Å²) >= 11 is 0. The van der Waals surface area contributed by atoms with Gasteiger partial charge in [-0.1, -0.05) is 6.07 Å². The Morgan fingerprint density at radius 1 is 1.39 bits per heavy atom. The van der Waals surface area contributed by atoms with Crippen molar-refractivity contribution in [2.45, 2.75) is 6.61 Å². The highest BCUT2D eigenvalue weighted by molar-refractivity contribution is 5.93. The molecule has 0 atom stereocenters. The first-order valence-electron chi connectivity index (χ1n) is 4.68. The molecule has 1 rings (SSSR count). The lowest BCUT2D eigenvalue weighted by Crippen LogP contribution is -2.26. The maximum atomic E-state index is 11.9. The van der Waals surface area contributed by atoms with Crippen molar-refractivity contribution in [3.8, 4) is 5.75 Å². The number of carbonyl (C=O) groups excluding carboxylic acids is 1. The van der Waals surface area contributed by atoms with E-state index in [1.807, 2.05) is 5.48 Å². The van der Waals surface area contributed by atoms with Crippen molar-refractivity contribution in [2.75, 3.05) is 6.61 Å². The third-order valence-electron chi connectivity index (χ3n) is 1.68. The number of alkyl halides is 2. The standard InChI is InChI=1S/C10H9F2NO5/c11-10(12)18-7-3-1-2-6(4-7)9(16)13-17-5-8(14)15/h1-4,10H,5H2,(H,13,16)(H,14,15). The molecule has 0 aliphatic heterocycles. The zero-order valence-corrected chi connectivity index (χ0v) is 8.93. The number of benzene rings is 1. The van der Waals surface area contributed by atoms with Crippen molar-refractivity contribution < 1.29 is 33.1 Å². The summed E-state index contributed by atoms with van der Waals surface area (Å²) in [6, 6.07) is 4.99. The zero-order chi connectivity index (χ0) is 13.5. The van der Waals surface area contributed by atoms with Gasteiger partial charge in [-0.15, -0.1) is 0 Å². The van der Waals surface area contributed by atoms with Gasteiger partial charge in [0.2, 0.25) is 0 Å². The molecule has 0 radical (unpaired) electrons. The van der Waals surface area contributed by atoms with Gasteiger partial charge >= 0.3 is 12.6 Å². The van der Waals surface area contributed by atoms with E-state index in [0.29, 0.717) is 0 Å². The zero-order valence-electron chi connectivity index (χ0n) is 8.93. The van der Waals surface area contributed by atoms with Gasteiger partial charge in [-0.25, -0.2) is 10.3 Å². The van der Waals surface area contributed by atoms with Crippen LogP contribution in [0.4, 0.5) is 8.78 Å². The molecule has 0 heterocycles. The third kappa shape index (κ3) is 4.74. The first kappa shape index (κ1) is 13.8. The molecule has 0 saturated carbocycles. The van der Waals surface area contributed by atoms with E-state index >= 15 is 0 Å². The van der Waals surface area contributed by atoms with Gasteiger partial charge in [0, 0.05) is 5.56 Å². The molecule has 0 aliphatic carbocycles. The fourth-order valence-corrected chi connectivity index (χ4v) is 1.04. The molecule has 0 saturated heterocycles. The van der Waals surface area contributed by atoms with Gasteiger partial charge in [0.15, 0.2) is 6.61 Å². The summed E-state index contributed by atoms with van der Waals surface area (Å²) in [6.07, 6.45) is 0. The third-order valence-corrected chi connectivity index (χ3v) is 1.68. The normalized spacial score (nSPS) is 10.2. The number of halogens is 2. The molecular formula is C10H9F2NO5. The quantitative estimate of drug-likeness (QED) is 0.747. The van der Waals surface area contributed by atoms with Gasteiger partial charge in [0.05, 0.1) is 0 Å². The number of hydrogen-bond acceptors (Lipinski definition) is 4. The van der Waals surface area contributed by atoms with E-state index in [0.717, 1.165) is 6.07 Å². The number of carbonyl (C=O) groups is 2. The first-order chi connectivity index (χ1) is 8.49. The molecule has 2 N–H and O–H groups in total. The Bertz CT molecular complexity index is 438. The van der Waals surface area contributed by atoms with Crippen LogP contribution in [0.2, 0.25) is 0 Å². The smallest absolute Gasteiger partial charge is 0.387 e. The van der Waals surface area contributed by atoms with Gasteiger partial charge in [0.25, 0.3) is 5.91 Å². The van der Waals surface area contributed by atoms with Gasteiger partial charge in [-0.05, 0) is 18.2 Å². The summed E-state index contributed by atoms with van der Waals surface area (Å²) in [5, 5.41) is 8.26. The Labute approximate surface area is 100 Å². The Balaban J connectivity index is 2.59. The lowest BCUT2D eigenvalue weighted by molar-refractivity contribution is -0.144. The summed E-state index contributed by atoms with van der Waals surface area (Å²) in [5.41, 5.74) is 1.85. The number of carboxylic acid groups (broad SMARTS) is 1. The molecule has 1 amide bonds. The van der Waals surface area contributed by atoms with E-state index in [2.05, 4.69) is 9.57 Å². The van der Waals surface area contributed by atoms with Gasteiger partial charge in [0.1, 0.15) is 5.75 Å². The van der Waals surface area contributed by atoms with Crippen LogP contribution in [0.3, 0.4) is 0 Å². The Morgan fingerprint density at radius 3 is 2.72 bits per heavy atom. The van der Waals surface area contributed by atoms with E-state index in [4.69, 9.17) is 5.11 Å². The number of ether oxygens (including phenoxy) is 1. The summed E-state index contributed by atoms with van der Waals surface area (Å²) in [7, 11) is 0. The van der Waals surface area contributed by atoms with E-state index in [1.165, 1.54) is 18.2 Å². The van der Waals surface area contributed by atoms with Crippen LogP contribution in [0, 0.1) is 0 Å². The number of carboxylic acids is 1. The number of hydroxylamine groups is 1. The minimum Gasteiger partial charge on any atom is -0.479 e. The summed E-state index contributed by atoms with van der Waals surface area (Å²) < 4.78 is 28.0. The highest BCUT2D eigenvalue weighted by Gasteiger charge is 2.10. The topological polar surface area (TPSA) is 84.9 Å². The van der Waals surface area contributed by atoms with Crippen LogP contribution in [0.25, 0.3) is 0 Å². The molecule has 0 bridgehead atoms. The number of nitrogens with one attached hydrogen (secondary N) is 1. The van der Waals surface area contributed by atoms with Crippen molar-refractivity contribution in [3.63, 3.8) is 0 Å². The van der Waals surface area contributed by atoms with Crippen LogP contribution < -0.4 is 10.2 Å². The van der Waals surface area contributed by atoms with Crippen LogP contribution in [-0.4, -0.2) is 30.2 Å². The summed E-state index contributed by atoms with van der Waals surface area (Å²) in [5.74, 6) is -2.21. The highest BCUT2D eigenvalue weighted by atomic mass is 19.3. The minimum absolute atomic E-state index is 0.00135. The van der Waals surface area contributed by atoms with E-state index in [-0.39, 0.29) is 11.3 Å². The predicted molar refractivity (Wildman–Crippen MR) is 54.1 cm³/mol. The van der Waals surface area contributed by atoms with Crippen LogP contribution in [0.1, 0.15) is 10.4 Å². The number of aliphatic carboxylic acids is 1. The Kier molecular flexibility index (Phi) is 5.00. The average Bonchev–Trinajstić information content (AvgIpc) is 2.27. The lowest BCUT2D eigenvalue weighted by Gasteiger charge is -2.07. The largest absolute Gasteiger partial charge is 0.479 e. The maximum absolute atomic E-state index is 11.9. The molecule has 0 aliphatic rings. The van der Waals surface area contributed by atoms with E-state index < -0.39 is 25.1 Å². The molecule has 98 valence electrons. The second-order valence-electron chi connectivity index (χ2n) is 3.02. The molecule has 8 heteroatoms. The Morgan fingerprint density at radius 2 is 2.11 bits per heavy atom. The number of hydrogen-bond donors (Lipinski definition) is 2. The van der Waals surface area contributed by atoms with Gasteiger partial charge in [-0.2, -0.15) is 8.78 Å². The Hall–Kier alpha value is -2.22. The average molecular weight is 261 g/mol. The molecule has 0 fully saturated rings. The molecule has 0 aromatic heterocycles. The predicted octanol–water partition coefficient (Wildman–Crippen LogP) is 1.03. The number of amides is 1. The first-order valence-corrected chi connectivity index (χ1v) is 4.68. The van der Waals surface area contributed by atoms with E-state index in [1.54, 1.807) is 0 Å². The SMILES string of the molecule is O=C(O)CONC(=O)c1cccc(OC(F)F)c1. The summed E-state index contributed by atoms with van der Waals surface area (Å²) in [4.78, 5) is 25.8. The van der Waals surface area contributed by atoms with Crippen LogP contribution >= 0.6 is 0 Å². The maximum Gasteiger partial charge on any atom is 0.387 e. The molecule has 1 aromatic rings. The second kappa shape index (κ2) is 6.50. The number of rotatable bonds is 6. The molecule has 0 spiro atoms. The van der Waals surface area contributed by atoms with Gasteiger partial charge < -0.3 is 9.84 Å². The van der Waals surface area contributed by atoms with Crippen LogP contribution in [0.5, 0.6) is 5.75 Å². The molecule has 0 unspecified atom stereocenters. The van der Waals surface area contributed by atoms with Crippen LogP contribution in [-0.2, 0) is 9.63 Å². The summed E-state index contributed by atoms with van der Waals surface area (Å²) in [6.45, 7) is -3.70. The molecule has 1 aromatic carbocycles. The van der Waals surface area contributed by atoms with Crippen molar-refractivity contribution in [1.29, 1.82) is 0 Å². The molecule has 18 heavy (non-hydrogen) atoms. The highest BCUT2D eigenvalue weighted by Crippen LogP contribution is 2.15. The molecule has 6 nitrogen and oxygen atoms in total. The van der Waals surface area contributed by atoms with Crippen molar-refractivity contribution in [2.24, 2.45) is 0 Å². The molecular weight excluding hydrogens is 252 g/mol. The van der Waals surface area contributed by atoms with Crippen LogP contribution in [0.15, 0.2) is 24.3 Å². The second-order valence-corrected chi connectivity index (χ2v) is 3.02. The fourth-order valence-electron chi connectivity index (χ4n) is 1.04. The van der Waals surface area contributed by atoms with Crippen molar-refractivity contribution >= 4 is 11.9 Å². The fraction of sp³-hybridized carbons (Fsp3) is 0.200. The monoisotopic (exact) mass is 261 g/mol. The van der Waals surface area contributed by atoms with Crippen molar-refractivity contribution in [3.05, 3.63) is 29.8 Å². The van der Waals surface area contributed by atoms with E-state index in [9.17, 15) is 18.4 Å². The lowest BCUT2D eigenvalue weighted by atomic mass is 10.2. The van der Waals surface area contributed by atoms with Crippen molar-refractivity contribution in [1.82, 2.24) is 5.48 Å². The van der Waals surface area contributed by atoms with Gasteiger partial charge in [-0.3, -0.25) is 9.63 Å².